The minimum absolute atomic E-state index is 0.116. The van der Waals surface area contributed by atoms with Gasteiger partial charge in [-0.05, 0) is 18.1 Å². The molecule has 0 aliphatic carbocycles. The maximum Gasteiger partial charge on any atom is 0.323 e. The summed E-state index contributed by atoms with van der Waals surface area (Å²) in [7, 11) is 1.23. The van der Waals surface area contributed by atoms with Crippen LogP contribution in [0.15, 0.2) is 54.6 Å². The number of rotatable bonds is 9. The SMILES string of the molecule is COC(=O)C(NC(C(=O)c1ccccc1)C(=O)c1ccc([N+](=O)[O-])cc1)C(C)C. The van der Waals surface area contributed by atoms with Gasteiger partial charge < -0.3 is 4.74 Å². The molecule has 0 radical (unpaired) electrons. The van der Waals surface area contributed by atoms with Gasteiger partial charge in [-0.1, -0.05) is 44.2 Å². The summed E-state index contributed by atoms with van der Waals surface area (Å²) in [5.74, 6) is -1.95. The van der Waals surface area contributed by atoms with Crippen LogP contribution in [0, 0.1) is 16.0 Å². The molecule has 0 aliphatic rings. The number of methoxy groups -OCH3 is 1. The summed E-state index contributed by atoms with van der Waals surface area (Å²) < 4.78 is 4.79. The van der Waals surface area contributed by atoms with E-state index in [4.69, 9.17) is 4.74 Å². The Bertz CT molecular complexity index is 893. The third-order valence-electron chi connectivity index (χ3n) is 4.41. The van der Waals surface area contributed by atoms with Crippen LogP contribution in [0.4, 0.5) is 5.69 Å². The van der Waals surface area contributed by atoms with Crippen LogP contribution < -0.4 is 5.32 Å². The number of carbonyl (C=O) groups is 3. The van der Waals surface area contributed by atoms with E-state index >= 15 is 0 Å². The van der Waals surface area contributed by atoms with Crippen LogP contribution in [0.25, 0.3) is 0 Å². The molecule has 29 heavy (non-hydrogen) atoms. The molecule has 2 atom stereocenters. The quantitative estimate of drug-likeness (QED) is 0.227. The molecular formula is C21H22N2O6. The lowest BCUT2D eigenvalue weighted by Crippen LogP contribution is -2.53. The molecule has 2 aromatic carbocycles. The van der Waals surface area contributed by atoms with Gasteiger partial charge in [-0.15, -0.1) is 0 Å². The standard InChI is InChI=1S/C21H22N2O6/c1-13(2)17(21(26)29-3)22-18(19(24)14-7-5-4-6-8-14)20(25)15-9-11-16(12-10-15)23(27)28/h4-13,17-18,22H,1-3H3. The number of ether oxygens (including phenoxy) is 1. The number of nitro benzene ring substituents is 1. The summed E-state index contributed by atoms with van der Waals surface area (Å²) >= 11 is 0. The van der Waals surface area contributed by atoms with E-state index in [0.29, 0.717) is 5.56 Å². The number of non-ortho nitro benzene ring substituents is 1. The zero-order valence-electron chi connectivity index (χ0n) is 16.3. The van der Waals surface area contributed by atoms with Crippen molar-refractivity contribution in [3.05, 3.63) is 75.8 Å². The van der Waals surface area contributed by atoms with Crippen molar-refractivity contribution in [3.8, 4) is 0 Å². The number of nitro groups is 1. The fourth-order valence-corrected chi connectivity index (χ4v) is 2.79. The Morgan fingerprint density at radius 2 is 1.45 bits per heavy atom. The smallest absolute Gasteiger partial charge is 0.323 e. The van der Waals surface area contributed by atoms with Crippen molar-refractivity contribution in [1.82, 2.24) is 5.32 Å². The largest absolute Gasteiger partial charge is 0.468 e. The average molecular weight is 398 g/mol. The molecule has 2 unspecified atom stereocenters. The highest BCUT2D eigenvalue weighted by atomic mass is 16.6. The molecule has 0 aliphatic heterocycles. The third kappa shape index (κ3) is 5.32. The monoisotopic (exact) mass is 398 g/mol. The lowest BCUT2D eigenvalue weighted by Gasteiger charge is -2.25. The molecule has 2 aromatic rings. The molecule has 0 aromatic heterocycles. The third-order valence-corrected chi connectivity index (χ3v) is 4.41. The second-order valence-electron chi connectivity index (χ2n) is 6.74. The predicted molar refractivity (Wildman–Crippen MR) is 106 cm³/mol. The van der Waals surface area contributed by atoms with Gasteiger partial charge in [0.25, 0.3) is 5.69 Å². The van der Waals surface area contributed by atoms with Crippen LogP contribution in [0.1, 0.15) is 34.6 Å². The van der Waals surface area contributed by atoms with E-state index in [2.05, 4.69) is 5.32 Å². The van der Waals surface area contributed by atoms with Crippen molar-refractivity contribution >= 4 is 23.2 Å². The number of Topliss-reactive ketones (excluding diaryl/α,β-unsaturated/α-hetero) is 2. The fraction of sp³-hybridized carbons (Fsp3) is 0.286. The van der Waals surface area contributed by atoms with Crippen molar-refractivity contribution in [2.45, 2.75) is 25.9 Å². The van der Waals surface area contributed by atoms with Crippen LogP contribution in [0.2, 0.25) is 0 Å². The first kappa shape index (κ1) is 21.9. The minimum Gasteiger partial charge on any atom is -0.468 e. The molecule has 0 saturated carbocycles. The molecule has 0 bridgehead atoms. The van der Waals surface area contributed by atoms with Crippen molar-refractivity contribution < 1.29 is 24.0 Å². The van der Waals surface area contributed by atoms with Gasteiger partial charge in [-0.3, -0.25) is 29.8 Å². The van der Waals surface area contributed by atoms with Crippen LogP contribution in [-0.2, 0) is 9.53 Å². The molecule has 0 spiro atoms. The Labute approximate surface area is 168 Å². The Morgan fingerprint density at radius 1 is 0.931 bits per heavy atom. The summed E-state index contributed by atoms with van der Waals surface area (Å²) in [5.41, 5.74) is 0.243. The van der Waals surface area contributed by atoms with Crippen molar-refractivity contribution in [2.24, 2.45) is 5.92 Å². The van der Waals surface area contributed by atoms with Crippen LogP contribution in [-0.4, -0.2) is 41.7 Å². The van der Waals surface area contributed by atoms with E-state index in [9.17, 15) is 24.5 Å². The van der Waals surface area contributed by atoms with E-state index < -0.39 is 34.5 Å². The molecule has 8 nitrogen and oxygen atoms in total. The van der Waals surface area contributed by atoms with E-state index in [1.165, 1.54) is 31.4 Å². The summed E-state index contributed by atoms with van der Waals surface area (Å²) in [6.07, 6.45) is 0. The number of ketones is 2. The number of hydrogen-bond acceptors (Lipinski definition) is 7. The summed E-state index contributed by atoms with van der Waals surface area (Å²) in [5, 5.41) is 13.7. The van der Waals surface area contributed by atoms with Crippen LogP contribution in [0.3, 0.4) is 0 Å². The first-order valence-electron chi connectivity index (χ1n) is 8.98. The highest BCUT2D eigenvalue weighted by Gasteiger charge is 2.34. The van der Waals surface area contributed by atoms with E-state index in [0.717, 1.165) is 0 Å². The van der Waals surface area contributed by atoms with Crippen LogP contribution >= 0.6 is 0 Å². The number of carbonyl (C=O) groups excluding carboxylic acids is 3. The Hall–Kier alpha value is -3.39. The normalized spacial score (nSPS) is 12.8. The van der Waals surface area contributed by atoms with Gasteiger partial charge in [0.2, 0.25) is 0 Å². The lowest BCUT2D eigenvalue weighted by molar-refractivity contribution is -0.384. The molecule has 0 heterocycles. The van der Waals surface area contributed by atoms with Gasteiger partial charge in [0.05, 0.1) is 12.0 Å². The number of nitrogens with zero attached hydrogens (tertiary/aromatic N) is 1. The molecular weight excluding hydrogens is 376 g/mol. The molecule has 0 amide bonds. The van der Waals surface area contributed by atoms with E-state index in [1.807, 2.05) is 0 Å². The average Bonchev–Trinajstić information content (AvgIpc) is 2.73. The van der Waals surface area contributed by atoms with Gasteiger partial charge in [-0.25, -0.2) is 0 Å². The van der Waals surface area contributed by atoms with Crippen molar-refractivity contribution in [2.75, 3.05) is 7.11 Å². The van der Waals surface area contributed by atoms with Gasteiger partial charge in [0, 0.05) is 23.3 Å². The number of esters is 1. The Balaban J connectivity index is 2.42. The Morgan fingerprint density at radius 3 is 1.90 bits per heavy atom. The molecule has 0 saturated heterocycles. The predicted octanol–water partition coefficient (Wildman–Crippen LogP) is 2.82. The van der Waals surface area contributed by atoms with Gasteiger partial charge in [-0.2, -0.15) is 0 Å². The first-order valence-corrected chi connectivity index (χ1v) is 8.98. The van der Waals surface area contributed by atoms with Crippen molar-refractivity contribution in [3.63, 3.8) is 0 Å². The molecule has 152 valence electrons. The summed E-state index contributed by atoms with van der Waals surface area (Å²) in [4.78, 5) is 48.6. The Kier molecular flexibility index (Phi) is 7.33. The molecule has 2 rings (SSSR count). The van der Waals surface area contributed by atoms with E-state index in [1.54, 1.807) is 44.2 Å². The maximum atomic E-state index is 13.1. The number of benzene rings is 2. The zero-order valence-corrected chi connectivity index (χ0v) is 16.3. The van der Waals surface area contributed by atoms with Gasteiger partial charge in [0.1, 0.15) is 12.1 Å². The lowest BCUT2D eigenvalue weighted by atomic mass is 9.93. The van der Waals surface area contributed by atoms with Crippen molar-refractivity contribution in [1.29, 1.82) is 0 Å². The second-order valence-corrected chi connectivity index (χ2v) is 6.74. The molecule has 1 N–H and O–H groups in total. The maximum absolute atomic E-state index is 13.1. The zero-order chi connectivity index (χ0) is 21.6. The van der Waals surface area contributed by atoms with Gasteiger partial charge in [0.15, 0.2) is 11.6 Å². The fourth-order valence-electron chi connectivity index (χ4n) is 2.79. The van der Waals surface area contributed by atoms with Crippen LogP contribution in [0.5, 0.6) is 0 Å². The topological polar surface area (TPSA) is 116 Å². The molecule has 0 fully saturated rings. The molecule has 8 heteroatoms. The first-order chi connectivity index (χ1) is 13.8. The highest BCUT2D eigenvalue weighted by Crippen LogP contribution is 2.17. The highest BCUT2D eigenvalue weighted by molar-refractivity contribution is 6.19. The minimum atomic E-state index is -1.36. The second kappa shape index (κ2) is 9.70. The summed E-state index contributed by atoms with van der Waals surface area (Å²) in [6, 6.07) is 10.9. The summed E-state index contributed by atoms with van der Waals surface area (Å²) in [6.45, 7) is 3.52. The number of hydrogen-bond donors (Lipinski definition) is 1. The van der Waals surface area contributed by atoms with Gasteiger partial charge >= 0.3 is 5.97 Å². The number of nitrogens with one attached hydrogen (secondary N) is 1. The van der Waals surface area contributed by atoms with E-state index in [-0.39, 0.29) is 17.2 Å².